The Hall–Kier alpha value is -2.14. The summed E-state index contributed by atoms with van der Waals surface area (Å²) in [5.74, 6) is -1.19. The lowest BCUT2D eigenvalue weighted by atomic mass is 10.3. The lowest BCUT2D eigenvalue weighted by Crippen LogP contribution is -1.94. The van der Waals surface area contributed by atoms with Crippen LogP contribution in [0.25, 0.3) is 5.65 Å². The molecule has 0 unspecified atom stereocenters. The van der Waals surface area contributed by atoms with Crippen molar-refractivity contribution in [1.29, 1.82) is 0 Å². The normalized spacial score (nSPS) is 10.9. The maximum absolute atomic E-state index is 13.6. The molecule has 0 fully saturated rings. The molecule has 0 N–H and O–H groups in total. The van der Waals surface area contributed by atoms with Crippen LogP contribution in [-0.2, 0) is 5.88 Å². The Morgan fingerprint density at radius 3 is 2.80 bits per heavy atom. The fourth-order valence-corrected chi connectivity index (χ4v) is 2.13. The molecule has 0 aliphatic heterocycles. The average Bonchev–Trinajstić information content (AvgIpc) is 2.79. The molecule has 3 aromatic rings. The number of ether oxygens (including phenoxy) is 1. The highest BCUT2D eigenvalue weighted by Crippen LogP contribution is 2.29. The summed E-state index contributed by atoms with van der Waals surface area (Å²) in [6, 6.07) is 8.52. The van der Waals surface area contributed by atoms with Crippen molar-refractivity contribution in [2.45, 2.75) is 5.88 Å². The zero-order chi connectivity index (χ0) is 14.1. The number of alkyl halides is 1. The third kappa shape index (κ3) is 2.20. The smallest absolute Gasteiger partial charge is 0.242 e. The van der Waals surface area contributed by atoms with Crippen LogP contribution in [0.1, 0.15) is 5.69 Å². The molecule has 0 aliphatic carbocycles. The summed E-state index contributed by atoms with van der Waals surface area (Å²) in [6.45, 7) is 0. The van der Waals surface area contributed by atoms with Crippen LogP contribution >= 0.6 is 11.6 Å². The van der Waals surface area contributed by atoms with Crippen LogP contribution in [0.3, 0.4) is 0 Å². The molecule has 102 valence electrons. The molecule has 3 rings (SSSR count). The fraction of sp³-hybridized carbons (Fsp3) is 0.0714. The van der Waals surface area contributed by atoms with Crippen LogP contribution in [0, 0.1) is 11.6 Å². The van der Waals surface area contributed by atoms with Crippen molar-refractivity contribution in [2.24, 2.45) is 0 Å². The van der Waals surface area contributed by atoms with Gasteiger partial charge in [-0.15, -0.1) is 11.6 Å². The Morgan fingerprint density at radius 2 is 2.05 bits per heavy atom. The molecule has 0 radical (unpaired) electrons. The van der Waals surface area contributed by atoms with E-state index in [1.165, 1.54) is 6.07 Å². The summed E-state index contributed by atoms with van der Waals surface area (Å²) < 4.78 is 33.6. The van der Waals surface area contributed by atoms with E-state index < -0.39 is 11.6 Å². The van der Waals surface area contributed by atoms with Gasteiger partial charge in [-0.3, -0.25) is 4.40 Å². The van der Waals surface area contributed by atoms with Crippen LogP contribution in [0.4, 0.5) is 8.78 Å². The molecule has 6 heteroatoms. The predicted molar refractivity (Wildman–Crippen MR) is 71.2 cm³/mol. The highest BCUT2D eigenvalue weighted by molar-refractivity contribution is 6.17. The Morgan fingerprint density at radius 1 is 1.20 bits per heavy atom. The van der Waals surface area contributed by atoms with Crippen LogP contribution in [0.15, 0.2) is 42.6 Å². The molecule has 2 heterocycles. The molecule has 2 aromatic heterocycles. The number of fused-ring (bicyclic) bond motifs is 1. The molecule has 0 atom stereocenters. The number of benzene rings is 1. The van der Waals surface area contributed by atoms with Gasteiger partial charge in [0.1, 0.15) is 17.2 Å². The van der Waals surface area contributed by atoms with Gasteiger partial charge >= 0.3 is 0 Å². The summed E-state index contributed by atoms with van der Waals surface area (Å²) in [4.78, 5) is 4.24. The number of aromatic nitrogens is 2. The first-order valence-corrected chi connectivity index (χ1v) is 6.37. The van der Waals surface area contributed by atoms with E-state index in [0.29, 0.717) is 11.3 Å². The standard InChI is InChI=1S/C14H9ClF2N2O/c15-8-11-14(18-13-3-1-2-6-19(11)13)20-12-5-4-9(16)7-10(12)17/h1-7H,8H2. The minimum atomic E-state index is -0.789. The minimum absolute atomic E-state index is 0.0961. The van der Waals surface area contributed by atoms with Gasteiger partial charge < -0.3 is 4.74 Å². The lowest BCUT2D eigenvalue weighted by Gasteiger charge is -2.05. The molecule has 0 spiro atoms. The van der Waals surface area contributed by atoms with Gasteiger partial charge in [0.15, 0.2) is 11.6 Å². The van der Waals surface area contributed by atoms with Gasteiger partial charge in [0.25, 0.3) is 0 Å². The predicted octanol–water partition coefficient (Wildman–Crippen LogP) is 4.14. The van der Waals surface area contributed by atoms with Gasteiger partial charge in [-0.25, -0.2) is 8.78 Å². The van der Waals surface area contributed by atoms with Crippen molar-refractivity contribution < 1.29 is 13.5 Å². The van der Waals surface area contributed by atoms with Gasteiger partial charge in [0.05, 0.1) is 5.88 Å². The number of hydrogen-bond donors (Lipinski definition) is 0. The second-order valence-electron chi connectivity index (χ2n) is 4.10. The zero-order valence-corrected chi connectivity index (χ0v) is 10.9. The van der Waals surface area contributed by atoms with Crippen molar-refractivity contribution in [3.63, 3.8) is 0 Å². The summed E-state index contributed by atoms with van der Waals surface area (Å²) in [5.41, 5.74) is 1.24. The second-order valence-corrected chi connectivity index (χ2v) is 4.37. The number of halogens is 3. The first-order valence-electron chi connectivity index (χ1n) is 5.84. The van der Waals surface area contributed by atoms with Gasteiger partial charge in [0, 0.05) is 12.3 Å². The molecule has 0 amide bonds. The first-order chi connectivity index (χ1) is 9.69. The number of pyridine rings is 1. The summed E-state index contributed by atoms with van der Waals surface area (Å²) >= 11 is 5.89. The quantitative estimate of drug-likeness (QED) is 0.679. The monoisotopic (exact) mass is 294 g/mol. The molecular weight excluding hydrogens is 286 g/mol. The van der Waals surface area contributed by atoms with E-state index in [9.17, 15) is 8.78 Å². The molecule has 20 heavy (non-hydrogen) atoms. The zero-order valence-electron chi connectivity index (χ0n) is 10.2. The maximum Gasteiger partial charge on any atom is 0.242 e. The first kappa shape index (κ1) is 12.9. The van der Waals surface area contributed by atoms with Crippen LogP contribution in [0.2, 0.25) is 0 Å². The Bertz CT molecular complexity index is 773. The van der Waals surface area contributed by atoms with E-state index in [1.807, 2.05) is 12.1 Å². The maximum atomic E-state index is 13.6. The van der Waals surface area contributed by atoms with Crippen LogP contribution in [-0.4, -0.2) is 9.38 Å². The minimum Gasteiger partial charge on any atom is -0.434 e. The molecule has 0 bridgehead atoms. The number of imidazole rings is 1. The van der Waals surface area contributed by atoms with Gasteiger partial charge in [-0.2, -0.15) is 4.98 Å². The Balaban J connectivity index is 2.06. The summed E-state index contributed by atoms with van der Waals surface area (Å²) in [7, 11) is 0. The average molecular weight is 295 g/mol. The van der Waals surface area contributed by atoms with Gasteiger partial charge in [-0.05, 0) is 24.3 Å². The fourth-order valence-electron chi connectivity index (χ4n) is 1.89. The topological polar surface area (TPSA) is 26.5 Å². The third-order valence-corrected chi connectivity index (χ3v) is 3.07. The van der Waals surface area contributed by atoms with Crippen molar-refractivity contribution in [3.8, 4) is 11.6 Å². The SMILES string of the molecule is Fc1ccc(Oc2nc3ccccn3c2CCl)c(F)c1. The number of hydrogen-bond acceptors (Lipinski definition) is 2. The third-order valence-electron chi connectivity index (χ3n) is 2.82. The highest BCUT2D eigenvalue weighted by atomic mass is 35.5. The molecule has 3 nitrogen and oxygen atoms in total. The van der Waals surface area contributed by atoms with E-state index in [-0.39, 0.29) is 17.5 Å². The Kier molecular flexibility index (Phi) is 3.28. The second kappa shape index (κ2) is 5.09. The number of nitrogens with zero attached hydrogens (tertiary/aromatic N) is 2. The van der Waals surface area contributed by atoms with E-state index in [2.05, 4.69) is 4.98 Å². The molecular formula is C14H9ClF2N2O. The van der Waals surface area contributed by atoms with Crippen molar-refractivity contribution in [1.82, 2.24) is 9.38 Å². The molecule has 0 saturated carbocycles. The summed E-state index contributed by atoms with van der Waals surface area (Å²) in [5, 5.41) is 0. The van der Waals surface area contributed by atoms with Gasteiger partial charge in [-0.1, -0.05) is 6.07 Å². The molecule has 0 aliphatic rings. The van der Waals surface area contributed by atoms with E-state index in [0.717, 1.165) is 12.1 Å². The molecule has 0 saturated heterocycles. The van der Waals surface area contributed by atoms with Gasteiger partial charge in [0.2, 0.25) is 5.88 Å². The van der Waals surface area contributed by atoms with Crippen molar-refractivity contribution in [3.05, 3.63) is 59.9 Å². The van der Waals surface area contributed by atoms with E-state index in [4.69, 9.17) is 16.3 Å². The van der Waals surface area contributed by atoms with Crippen molar-refractivity contribution in [2.75, 3.05) is 0 Å². The largest absolute Gasteiger partial charge is 0.434 e. The van der Waals surface area contributed by atoms with Crippen LogP contribution < -0.4 is 4.74 Å². The van der Waals surface area contributed by atoms with Crippen molar-refractivity contribution >= 4 is 17.2 Å². The van der Waals surface area contributed by atoms with E-state index >= 15 is 0 Å². The summed E-state index contributed by atoms with van der Waals surface area (Å²) in [6.07, 6.45) is 1.79. The van der Waals surface area contributed by atoms with E-state index in [1.54, 1.807) is 16.7 Å². The van der Waals surface area contributed by atoms with Crippen LogP contribution in [0.5, 0.6) is 11.6 Å². The molecule has 1 aromatic carbocycles. The lowest BCUT2D eigenvalue weighted by molar-refractivity contribution is 0.422. The highest BCUT2D eigenvalue weighted by Gasteiger charge is 2.15. The Labute approximate surface area is 118 Å². The number of rotatable bonds is 3.